The first-order valence-corrected chi connectivity index (χ1v) is 11.9. The molecule has 2 aromatic heterocycles. The number of H-pyrrole nitrogens is 1. The Labute approximate surface area is 159 Å². The van der Waals surface area contributed by atoms with E-state index < -0.39 is 21.9 Å². The molecule has 0 radical (unpaired) electrons. The van der Waals surface area contributed by atoms with Crippen LogP contribution in [0.25, 0.3) is 10.2 Å². The van der Waals surface area contributed by atoms with Gasteiger partial charge in [0.15, 0.2) is 21.8 Å². The molecule has 2 aromatic rings. The Morgan fingerprint density at radius 2 is 2.19 bits per heavy atom. The number of thioether (sulfide) groups is 1. The van der Waals surface area contributed by atoms with E-state index in [4.69, 9.17) is 4.74 Å². The van der Waals surface area contributed by atoms with Gasteiger partial charge in [0.25, 0.3) is 5.56 Å². The summed E-state index contributed by atoms with van der Waals surface area (Å²) in [5.74, 6) is 0.233. The van der Waals surface area contributed by atoms with Gasteiger partial charge in [0.1, 0.15) is 4.83 Å². The molecule has 1 aliphatic rings. The van der Waals surface area contributed by atoms with Crippen molar-refractivity contribution in [2.45, 2.75) is 38.5 Å². The number of hydrogen-bond donors (Lipinski definition) is 1. The number of aromatic amines is 1. The van der Waals surface area contributed by atoms with Crippen molar-refractivity contribution in [3.8, 4) is 0 Å². The third kappa shape index (κ3) is 4.12. The van der Waals surface area contributed by atoms with E-state index in [2.05, 4.69) is 9.97 Å². The highest BCUT2D eigenvalue weighted by Crippen LogP contribution is 2.27. The first-order chi connectivity index (χ1) is 12.2. The average Bonchev–Trinajstić information content (AvgIpc) is 3.04. The van der Waals surface area contributed by atoms with Gasteiger partial charge in [-0.2, -0.15) is 0 Å². The number of rotatable bonds is 5. The fourth-order valence-corrected chi connectivity index (χ4v) is 7.29. The van der Waals surface area contributed by atoms with Gasteiger partial charge in [-0.25, -0.2) is 13.4 Å². The summed E-state index contributed by atoms with van der Waals surface area (Å²) in [5.41, 5.74) is 0.679. The van der Waals surface area contributed by atoms with Crippen molar-refractivity contribution >= 4 is 49.1 Å². The first-order valence-electron chi connectivity index (χ1n) is 8.17. The number of esters is 1. The number of thiophene rings is 1. The smallest absolute Gasteiger partial charge is 0.316 e. The van der Waals surface area contributed by atoms with Gasteiger partial charge in [-0.3, -0.25) is 9.59 Å². The van der Waals surface area contributed by atoms with E-state index in [1.54, 1.807) is 6.92 Å². The van der Waals surface area contributed by atoms with Crippen molar-refractivity contribution in [2.75, 3.05) is 17.3 Å². The van der Waals surface area contributed by atoms with Gasteiger partial charge in [0.05, 0.1) is 22.6 Å². The molecule has 10 heteroatoms. The maximum atomic E-state index is 12.3. The molecule has 0 saturated carbocycles. The maximum absolute atomic E-state index is 12.3. The van der Waals surface area contributed by atoms with Crippen molar-refractivity contribution in [3.05, 3.63) is 26.6 Å². The second kappa shape index (κ2) is 7.32. The van der Waals surface area contributed by atoms with Crippen molar-refractivity contribution in [1.29, 1.82) is 0 Å². The van der Waals surface area contributed by atoms with Gasteiger partial charge in [0.2, 0.25) is 0 Å². The van der Waals surface area contributed by atoms with Crippen LogP contribution in [0, 0.1) is 13.8 Å². The molecule has 2 atom stereocenters. The number of fused-ring (bicyclic) bond motifs is 1. The summed E-state index contributed by atoms with van der Waals surface area (Å²) < 4.78 is 28.2. The third-order valence-electron chi connectivity index (χ3n) is 4.38. The highest BCUT2D eigenvalue weighted by Gasteiger charge is 2.29. The van der Waals surface area contributed by atoms with Gasteiger partial charge in [0, 0.05) is 10.1 Å². The van der Waals surface area contributed by atoms with Crippen molar-refractivity contribution < 1.29 is 17.9 Å². The van der Waals surface area contributed by atoms with Crippen LogP contribution >= 0.6 is 23.1 Å². The van der Waals surface area contributed by atoms with Crippen LogP contribution in [-0.2, 0) is 19.4 Å². The normalized spacial score (nSPS) is 20.3. The zero-order valence-corrected chi connectivity index (χ0v) is 17.1. The molecule has 1 N–H and O–H groups in total. The minimum atomic E-state index is -2.96. The molecule has 0 aromatic carbocycles. The van der Waals surface area contributed by atoms with Crippen LogP contribution in [0.1, 0.15) is 35.7 Å². The minimum absolute atomic E-state index is 0.0609. The van der Waals surface area contributed by atoms with Crippen molar-refractivity contribution in [1.82, 2.24) is 9.97 Å². The van der Waals surface area contributed by atoms with Gasteiger partial charge < -0.3 is 9.72 Å². The largest absolute Gasteiger partial charge is 0.454 e. The highest BCUT2D eigenvalue weighted by molar-refractivity contribution is 8.02. The molecule has 0 amide bonds. The van der Waals surface area contributed by atoms with E-state index in [-0.39, 0.29) is 28.1 Å². The molecule has 1 saturated heterocycles. The fourth-order valence-electron chi connectivity index (χ4n) is 2.83. The number of aryl methyl sites for hydroxylation is 2. The molecular weight excluding hydrogens is 396 g/mol. The van der Waals surface area contributed by atoms with E-state index in [1.165, 1.54) is 23.1 Å². The maximum Gasteiger partial charge on any atom is 0.316 e. The topological polar surface area (TPSA) is 106 Å². The Morgan fingerprint density at radius 3 is 2.85 bits per heavy atom. The molecule has 3 rings (SSSR count). The highest BCUT2D eigenvalue weighted by atomic mass is 32.2. The van der Waals surface area contributed by atoms with Crippen LogP contribution in [0.4, 0.5) is 0 Å². The number of carbonyl (C=O) groups is 1. The summed E-state index contributed by atoms with van der Waals surface area (Å²) in [6.45, 7) is 5.47. The Hall–Kier alpha value is -1.39. The monoisotopic (exact) mass is 416 g/mol. The van der Waals surface area contributed by atoms with E-state index >= 15 is 0 Å². The molecule has 142 valence electrons. The predicted octanol–water partition coefficient (Wildman–Crippen LogP) is 2.13. The second-order valence-corrected chi connectivity index (χ2v) is 11.1. The van der Waals surface area contributed by atoms with Crippen LogP contribution in [0.5, 0.6) is 0 Å². The van der Waals surface area contributed by atoms with E-state index in [9.17, 15) is 18.0 Å². The van der Waals surface area contributed by atoms with Gasteiger partial charge in [-0.05, 0) is 32.8 Å². The Bertz CT molecular complexity index is 1010. The number of aromatic nitrogens is 2. The van der Waals surface area contributed by atoms with Crippen LogP contribution < -0.4 is 5.56 Å². The first kappa shape index (κ1) is 19.4. The lowest BCUT2D eigenvalue weighted by atomic mass is 10.2. The quantitative estimate of drug-likeness (QED) is 0.744. The lowest BCUT2D eigenvalue weighted by molar-refractivity contribution is -0.145. The van der Waals surface area contributed by atoms with E-state index in [0.29, 0.717) is 22.5 Å². The summed E-state index contributed by atoms with van der Waals surface area (Å²) in [7, 11) is -2.96. The Kier molecular flexibility index (Phi) is 5.45. The second-order valence-electron chi connectivity index (χ2n) is 6.38. The fraction of sp³-hybridized carbons (Fsp3) is 0.562. The van der Waals surface area contributed by atoms with Gasteiger partial charge >= 0.3 is 5.97 Å². The third-order valence-corrected chi connectivity index (χ3v) is 8.73. The molecule has 0 aliphatic carbocycles. The summed E-state index contributed by atoms with van der Waals surface area (Å²) in [5, 5.41) is 0.516. The molecule has 0 bridgehead atoms. The summed E-state index contributed by atoms with van der Waals surface area (Å²) in [6.07, 6.45) is -0.117. The minimum Gasteiger partial charge on any atom is -0.454 e. The van der Waals surface area contributed by atoms with Crippen LogP contribution in [0.15, 0.2) is 4.79 Å². The summed E-state index contributed by atoms with van der Waals surface area (Å²) in [4.78, 5) is 33.1. The SMILES string of the molecule is Cc1sc2nc([C@H](C)OC(=O)CS[C@H]3CCS(=O)(=O)C3)[nH]c(=O)c2c1C. The zero-order chi connectivity index (χ0) is 19.1. The molecule has 3 heterocycles. The molecular formula is C16H20N2O5S3. The molecule has 7 nitrogen and oxygen atoms in total. The lowest BCUT2D eigenvalue weighted by Crippen LogP contribution is -2.19. The molecule has 1 fully saturated rings. The van der Waals surface area contributed by atoms with Gasteiger partial charge in [-0.1, -0.05) is 0 Å². The number of ether oxygens (including phenoxy) is 1. The number of nitrogens with one attached hydrogen (secondary N) is 1. The summed E-state index contributed by atoms with van der Waals surface area (Å²) >= 11 is 2.74. The lowest BCUT2D eigenvalue weighted by Gasteiger charge is -2.13. The molecule has 26 heavy (non-hydrogen) atoms. The molecule has 0 unspecified atom stereocenters. The Balaban J connectivity index is 1.64. The van der Waals surface area contributed by atoms with E-state index in [1.807, 2.05) is 13.8 Å². The standard InChI is InChI=1S/C16H20N2O5S3/c1-8-10(3)25-16-13(8)15(20)17-14(18-16)9(2)23-12(19)6-24-11-4-5-26(21,22)7-11/h9,11H,4-7H2,1-3H3,(H,17,18,20)/t9-,11-/m0/s1. The predicted molar refractivity (Wildman–Crippen MR) is 104 cm³/mol. The number of nitrogens with zero attached hydrogens (tertiary/aromatic N) is 1. The van der Waals surface area contributed by atoms with Gasteiger partial charge in [-0.15, -0.1) is 23.1 Å². The van der Waals surface area contributed by atoms with Crippen molar-refractivity contribution in [2.24, 2.45) is 0 Å². The van der Waals surface area contributed by atoms with E-state index in [0.717, 1.165) is 10.4 Å². The Morgan fingerprint density at radius 1 is 1.46 bits per heavy atom. The summed E-state index contributed by atoms with van der Waals surface area (Å²) in [6, 6.07) is 0. The van der Waals surface area contributed by atoms with Crippen LogP contribution in [0.3, 0.4) is 0 Å². The van der Waals surface area contributed by atoms with Crippen LogP contribution in [0.2, 0.25) is 0 Å². The number of hydrogen-bond acceptors (Lipinski definition) is 8. The molecule has 0 spiro atoms. The number of sulfone groups is 1. The molecule has 1 aliphatic heterocycles. The average molecular weight is 417 g/mol. The zero-order valence-electron chi connectivity index (χ0n) is 14.7. The van der Waals surface area contributed by atoms with Crippen LogP contribution in [-0.4, -0.2) is 46.9 Å². The number of carbonyl (C=O) groups excluding carboxylic acids is 1. The van der Waals surface area contributed by atoms with Crippen molar-refractivity contribution in [3.63, 3.8) is 0 Å².